The van der Waals surface area contributed by atoms with Crippen molar-refractivity contribution >= 4 is 27.4 Å². The fraction of sp³-hybridized carbons (Fsp3) is 0.355. The molecule has 204 valence electrons. The first kappa shape index (κ1) is 25.0. The van der Waals surface area contributed by atoms with Crippen LogP contribution >= 0.6 is 0 Å². The average Bonchev–Trinajstić information content (AvgIpc) is 3.42. The number of aromatic nitrogens is 2. The summed E-state index contributed by atoms with van der Waals surface area (Å²) in [7, 11) is 0. The number of alkyl halides is 1. The van der Waals surface area contributed by atoms with Crippen LogP contribution in [-0.2, 0) is 0 Å². The second kappa shape index (κ2) is 9.27. The Morgan fingerprint density at radius 3 is 2.75 bits per heavy atom. The van der Waals surface area contributed by atoms with Crippen molar-refractivity contribution in [3.8, 4) is 35.2 Å². The first-order valence-electron chi connectivity index (χ1n) is 13.6. The van der Waals surface area contributed by atoms with Crippen LogP contribution in [0.15, 0.2) is 36.5 Å². The Hall–Kier alpha value is -4.03. The Kier molecular flexibility index (Phi) is 5.79. The second-order valence-corrected chi connectivity index (χ2v) is 11.0. The maximum atomic E-state index is 16.5. The highest BCUT2D eigenvalue weighted by atomic mass is 19.1. The van der Waals surface area contributed by atoms with E-state index in [1.165, 1.54) is 24.3 Å². The quantitative estimate of drug-likeness (QED) is 0.331. The maximum absolute atomic E-state index is 16.5. The van der Waals surface area contributed by atoms with Crippen LogP contribution in [0.25, 0.3) is 32.8 Å². The largest absolute Gasteiger partial charge is 0.508 e. The molecule has 1 N–H and O–H groups in total. The van der Waals surface area contributed by atoms with Crippen molar-refractivity contribution in [3.05, 3.63) is 53.7 Å². The van der Waals surface area contributed by atoms with Crippen LogP contribution in [0.5, 0.6) is 11.6 Å². The molecular weight excluding hydrogens is 517 g/mol. The molecule has 3 fully saturated rings. The van der Waals surface area contributed by atoms with E-state index < -0.39 is 17.8 Å². The lowest BCUT2D eigenvalue weighted by molar-refractivity contribution is 0.111. The molecule has 3 aliphatic rings. The number of fused-ring (bicyclic) bond motifs is 3. The lowest BCUT2D eigenvalue weighted by Gasteiger charge is -2.34. The van der Waals surface area contributed by atoms with Crippen molar-refractivity contribution in [2.24, 2.45) is 0 Å². The van der Waals surface area contributed by atoms with Crippen molar-refractivity contribution < 1.29 is 23.0 Å². The third kappa shape index (κ3) is 3.85. The standard InChI is InChI=1S/C31H27F3N4O2/c1-2-21-25(33)6-5-18-11-20(39)12-23(27(18)21)29-28(34)22-13-26(36-30(24(22)15-35-29)37-8-4-9-37)40-17-31-7-3-10-38(31)16-19(32)14-31/h1,5-6,11-13,15,19,39H,3-4,7-10,14,16-17H2/t19-,31+/m1/s1. The highest BCUT2D eigenvalue weighted by Crippen LogP contribution is 2.42. The zero-order chi connectivity index (χ0) is 27.6. The van der Waals surface area contributed by atoms with Gasteiger partial charge in [0.1, 0.15) is 35.9 Å². The molecule has 7 rings (SSSR count). The number of aromatic hydroxyl groups is 1. The van der Waals surface area contributed by atoms with E-state index in [2.05, 4.69) is 15.8 Å². The molecule has 3 aliphatic heterocycles. The van der Waals surface area contributed by atoms with Gasteiger partial charge in [-0.3, -0.25) is 9.88 Å². The van der Waals surface area contributed by atoms with Gasteiger partial charge < -0.3 is 14.7 Å². The second-order valence-electron chi connectivity index (χ2n) is 11.0. The fourth-order valence-corrected chi connectivity index (χ4v) is 6.58. The number of benzene rings is 2. The van der Waals surface area contributed by atoms with Crippen molar-refractivity contribution in [1.82, 2.24) is 14.9 Å². The van der Waals surface area contributed by atoms with Crippen LogP contribution in [0.2, 0.25) is 0 Å². The van der Waals surface area contributed by atoms with E-state index in [1.807, 2.05) is 4.90 Å². The summed E-state index contributed by atoms with van der Waals surface area (Å²) in [5, 5.41) is 11.9. The van der Waals surface area contributed by atoms with Crippen molar-refractivity contribution in [3.63, 3.8) is 0 Å². The zero-order valence-electron chi connectivity index (χ0n) is 21.8. The molecule has 2 atom stereocenters. The lowest BCUT2D eigenvalue weighted by atomic mass is 9.95. The molecule has 4 aromatic rings. The summed E-state index contributed by atoms with van der Waals surface area (Å²) < 4.78 is 51.6. The van der Waals surface area contributed by atoms with Gasteiger partial charge >= 0.3 is 0 Å². The molecule has 9 heteroatoms. The number of phenols is 1. The Labute approximate surface area is 229 Å². The summed E-state index contributed by atoms with van der Waals surface area (Å²) in [4.78, 5) is 13.4. The highest BCUT2D eigenvalue weighted by Gasteiger charge is 2.49. The Morgan fingerprint density at radius 1 is 1.12 bits per heavy atom. The van der Waals surface area contributed by atoms with Crippen molar-refractivity contribution in [1.29, 1.82) is 0 Å². The summed E-state index contributed by atoms with van der Waals surface area (Å²) in [5.74, 6) is 1.79. The van der Waals surface area contributed by atoms with Gasteiger partial charge in [0.15, 0.2) is 5.82 Å². The number of hydrogen-bond donors (Lipinski definition) is 1. The minimum atomic E-state index is -0.883. The Balaban J connectivity index is 1.37. The first-order chi connectivity index (χ1) is 19.4. The smallest absolute Gasteiger partial charge is 0.216 e. The number of terminal acetylenes is 1. The number of halogens is 3. The van der Waals surface area contributed by atoms with Crippen LogP contribution in [0, 0.1) is 24.0 Å². The molecule has 5 heterocycles. The number of rotatable bonds is 5. The van der Waals surface area contributed by atoms with Gasteiger partial charge in [0.25, 0.3) is 0 Å². The normalized spacial score (nSPS) is 22.4. The van der Waals surface area contributed by atoms with Gasteiger partial charge in [-0.25, -0.2) is 13.2 Å². The molecular formula is C31H27F3N4O2. The summed E-state index contributed by atoms with van der Waals surface area (Å²) in [6, 6.07) is 7.05. The van der Waals surface area contributed by atoms with Gasteiger partial charge in [0, 0.05) is 60.0 Å². The van der Waals surface area contributed by atoms with Gasteiger partial charge in [0.05, 0.1) is 11.1 Å². The minimum absolute atomic E-state index is 0.0306. The van der Waals surface area contributed by atoms with Gasteiger partial charge in [-0.15, -0.1) is 6.42 Å². The van der Waals surface area contributed by atoms with E-state index >= 15 is 4.39 Å². The van der Waals surface area contributed by atoms with E-state index in [-0.39, 0.29) is 46.0 Å². The average molecular weight is 545 g/mol. The summed E-state index contributed by atoms with van der Waals surface area (Å²) >= 11 is 0. The minimum Gasteiger partial charge on any atom is -0.508 e. The number of nitrogens with zero attached hydrogens (tertiary/aromatic N) is 4. The Bertz CT molecular complexity index is 1720. The van der Waals surface area contributed by atoms with Crippen LogP contribution in [0.3, 0.4) is 0 Å². The molecule has 0 unspecified atom stereocenters. The monoisotopic (exact) mass is 544 g/mol. The zero-order valence-corrected chi connectivity index (χ0v) is 21.8. The van der Waals surface area contributed by atoms with E-state index in [0.717, 1.165) is 38.9 Å². The number of phenolic OH excluding ortho intramolecular Hbond substituents is 1. The molecule has 40 heavy (non-hydrogen) atoms. The number of ether oxygens (including phenoxy) is 1. The molecule has 2 aromatic heterocycles. The van der Waals surface area contributed by atoms with Crippen LogP contribution < -0.4 is 9.64 Å². The fourth-order valence-electron chi connectivity index (χ4n) is 6.58. The number of anilines is 1. The highest BCUT2D eigenvalue weighted by molar-refractivity contribution is 6.03. The first-order valence-corrected chi connectivity index (χ1v) is 13.6. The molecule has 6 nitrogen and oxygen atoms in total. The maximum Gasteiger partial charge on any atom is 0.216 e. The van der Waals surface area contributed by atoms with Gasteiger partial charge in [-0.2, -0.15) is 4.98 Å². The van der Waals surface area contributed by atoms with Crippen LogP contribution in [0.4, 0.5) is 19.0 Å². The van der Waals surface area contributed by atoms with Crippen molar-refractivity contribution in [2.45, 2.75) is 37.4 Å². The predicted molar refractivity (Wildman–Crippen MR) is 147 cm³/mol. The number of pyridine rings is 2. The van der Waals surface area contributed by atoms with E-state index in [1.54, 1.807) is 12.3 Å². The molecule has 0 amide bonds. The molecule has 0 radical (unpaired) electrons. The molecule has 2 aromatic carbocycles. The van der Waals surface area contributed by atoms with E-state index in [0.29, 0.717) is 34.9 Å². The summed E-state index contributed by atoms with van der Waals surface area (Å²) in [6.07, 6.45) is 9.54. The van der Waals surface area contributed by atoms with Crippen molar-refractivity contribution in [2.75, 3.05) is 37.7 Å². The topological polar surface area (TPSA) is 61.7 Å². The SMILES string of the molecule is C#Cc1c(F)ccc2cc(O)cc(-c3ncc4c(N5CCC5)nc(OC[C@@]56CCCN5C[C@H](F)C6)cc4c3F)c12. The molecule has 0 spiro atoms. The van der Waals surface area contributed by atoms with E-state index in [9.17, 15) is 13.9 Å². The predicted octanol–water partition coefficient (Wildman–Crippen LogP) is 5.58. The van der Waals surface area contributed by atoms with Crippen LogP contribution in [0.1, 0.15) is 31.2 Å². The van der Waals surface area contributed by atoms with E-state index in [4.69, 9.17) is 16.1 Å². The molecule has 0 aliphatic carbocycles. The molecule has 0 bridgehead atoms. The van der Waals surface area contributed by atoms with Gasteiger partial charge in [-0.1, -0.05) is 12.0 Å². The third-order valence-electron chi connectivity index (χ3n) is 8.64. The van der Waals surface area contributed by atoms with Gasteiger partial charge in [0.2, 0.25) is 5.88 Å². The molecule has 3 saturated heterocycles. The lowest BCUT2D eigenvalue weighted by Crippen LogP contribution is -2.43. The van der Waals surface area contributed by atoms with Crippen LogP contribution in [-0.4, -0.2) is 64.5 Å². The summed E-state index contributed by atoms with van der Waals surface area (Å²) in [5.41, 5.74) is -0.284. The Morgan fingerprint density at radius 2 is 1.98 bits per heavy atom. The third-order valence-corrected chi connectivity index (χ3v) is 8.64. The van der Waals surface area contributed by atoms with Gasteiger partial charge in [-0.05, 0) is 49.4 Å². The summed E-state index contributed by atoms with van der Waals surface area (Å²) in [6.45, 7) is 3.08. The molecule has 0 saturated carbocycles. The number of hydrogen-bond acceptors (Lipinski definition) is 6.